The lowest BCUT2D eigenvalue weighted by Crippen LogP contribution is -2.01. The summed E-state index contributed by atoms with van der Waals surface area (Å²) >= 11 is 0. The summed E-state index contributed by atoms with van der Waals surface area (Å²) in [5.74, 6) is -2.74. The topological polar surface area (TPSA) is 86.0 Å². The molecule has 0 unspecified atom stereocenters. The number of hydrogen-bond donors (Lipinski definition) is 1. The molecule has 0 amide bonds. The van der Waals surface area contributed by atoms with Gasteiger partial charge in [0.15, 0.2) is 5.75 Å². The molecule has 2 rings (SSSR count). The first-order chi connectivity index (χ1) is 9.60. The van der Waals surface area contributed by atoms with Crippen LogP contribution in [0.4, 0.5) is 0 Å². The van der Waals surface area contributed by atoms with Crippen LogP contribution in [0.1, 0.15) is 21.1 Å². The second kappa shape index (κ2) is 5.48. The molecule has 1 N–H and O–H groups in total. The quantitative estimate of drug-likeness (QED) is 0.863. The number of hydrogen-bond acceptors (Lipinski definition) is 5. The average Bonchev–Trinajstić information content (AvgIpc) is 2.86. The van der Waals surface area contributed by atoms with Crippen LogP contribution < -0.4 is 4.74 Å². The standard InChI is InChI=1S/C14H12O6/c1-18-10-9(8-6-4-3-5-7-8)11(14(17)19-2)20-12(10)13(15)16/h3-7H,1-2H3,(H,15,16). The Hall–Kier alpha value is -2.76. The Kier molecular flexibility index (Phi) is 3.74. The number of esters is 1. The highest BCUT2D eigenvalue weighted by atomic mass is 16.5. The first kappa shape index (κ1) is 13.7. The van der Waals surface area contributed by atoms with Crippen LogP contribution in [0.5, 0.6) is 5.75 Å². The number of carbonyl (C=O) groups is 2. The van der Waals surface area contributed by atoms with Crippen molar-refractivity contribution in [3.63, 3.8) is 0 Å². The molecule has 0 radical (unpaired) electrons. The molecule has 0 atom stereocenters. The van der Waals surface area contributed by atoms with Gasteiger partial charge in [-0.1, -0.05) is 30.3 Å². The summed E-state index contributed by atoms with van der Waals surface area (Å²) in [5, 5.41) is 9.11. The fourth-order valence-electron chi connectivity index (χ4n) is 1.86. The zero-order valence-electron chi connectivity index (χ0n) is 10.9. The van der Waals surface area contributed by atoms with Crippen molar-refractivity contribution in [2.24, 2.45) is 0 Å². The van der Waals surface area contributed by atoms with E-state index in [-0.39, 0.29) is 17.1 Å². The van der Waals surface area contributed by atoms with E-state index in [9.17, 15) is 9.59 Å². The fourth-order valence-corrected chi connectivity index (χ4v) is 1.86. The molecule has 0 spiro atoms. The van der Waals surface area contributed by atoms with E-state index in [1.165, 1.54) is 14.2 Å². The zero-order chi connectivity index (χ0) is 14.7. The normalized spacial score (nSPS) is 10.1. The molecule has 1 aromatic heterocycles. The Bertz CT molecular complexity index is 641. The number of carboxylic acids is 1. The fraction of sp³-hybridized carbons (Fsp3) is 0.143. The summed E-state index contributed by atoms with van der Waals surface area (Å²) in [7, 11) is 2.50. The van der Waals surface area contributed by atoms with Gasteiger partial charge in [0.25, 0.3) is 5.76 Å². The number of carbonyl (C=O) groups excluding carboxylic acids is 1. The largest absolute Gasteiger partial charge is 0.492 e. The van der Waals surface area contributed by atoms with Crippen LogP contribution in [0.3, 0.4) is 0 Å². The molecule has 0 aliphatic rings. The Labute approximate surface area is 114 Å². The smallest absolute Gasteiger partial charge is 0.375 e. The highest BCUT2D eigenvalue weighted by Crippen LogP contribution is 2.39. The first-order valence-electron chi connectivity index (χ1n) is 5.68. The van der Waals surface area contributed by atoms with Gasteiger partial charge in [-0.2, -0.15) is 0 Å². The molecule has 2 aromatic rings. The third-order valence-corrected chi connectivity index (χ3v) is 2.70. The van der Waals surface area contributed by atoms with Gasteiger partial charge in [-0.3, -0.25) is 0 Å². The molecule has 6 nitrogen and oxygen atoms in total. The highest BCUT2D eigenvalue weighted by Gasteiger charge is 2.30. The molecule has 1 aromatic carbocycles. The summed E-state index contributed by atoms with van der Waals surface area (Å²) < 4.78 is 14.8. The Balaban J connectivity index is 2.75. The predicted octanol–water partition coefficient (Wildman–Crippen LogP) is 2.44. The van der Waals surface area contributed by atoms with E-state index in [4.69, 9.17) is 14.3 Å². The SMILES string of the molecule is COC(=O)c1oc(C(=O)O)c(OC)c1-c1ccccc1. The van der Waals surface area contributed by atoms with Crippen molar-refractivity contribution in [1.29, 1.82) is 0 Å². The minimum Gasteiger partial charge on any atom is -0.492 e. The number of rotatable bonds is 4. The number of carboxylic acid groups (broad SMARTS) is 1. The maximum absolute atomic E-state index is 11.7. The Morgan fingerprint density at radius 2 is 1.75 bits per heavy atom. The molecular weight excluding hydrogens is 264 g/mol. The molecule has 20 heavy (non-hydrogen) atoms. The average molecular weight is 276 g/mol. The van der Waals surface area contributed by atoms with E-state index >= 15 is 0 Å². The van der Waals surface area contributed by atoms with Gasteiger partial charge < -0.3 is 19.0 Å². The molecular formula is C14H12O6. The van der Waals surface area contributed by atoms with Crippen molar-refractivity contribution in [3.8, 4) is 16.9 Å². The molecule has 0 bridgehead atoms. The number of aromatic carboxylic acids is 1. The molecule has 0 aliphatic heterocycles. The monoisotopic (exact) mass is 276 g/mol. The van der Waals surface area contributed by atoms with Gasteiger partial charge in [0.1, 0.15) is 0 Å². The number of benzene rings is 1. The van der Waals surface area contributed by atoms with Gasteiger partial charge in [-0.25, -0.2) is 9.59 Å². The van der Waals surface area contributed by atoms with E-state index < -0.39 is 17.7 Å². The predicted molar refractivity (Wildman–Crippen MR) is 69.0 cm³/mol. The number of methoxy groups -OCH3 is 2. The maximum Gasteiger partial charge on any atom is 0.375 e. The number of furan rings is 1. The summed E-state index contributed by atoms with van der Waals surface area (Å²) in [6.07, 6.45) is 0. The van der Waals surface area contributed by atoms with Crippen molar-refractivity contribution < 1.29 is 28.6 Å². The van der Waals surface area contributed by atoms with E-state index in [1.54, 1.807) is 30.3 Å². The van der Waals surface area contributed by atoms with Gasteiger partial charge >= 0.3 is 11.9 Å². The Morgan fingerprint density at radius 3 is 2.25 bits per heavy atom. The van der Waals surface area contributed by atoms with E-state index in [0.29, 0.717) is 5.56 Å². The van der Waals surface area contributed by atoms with Crippen LogP contribution >= 0.6 is 0 Å². The third kappa shape index (κ3) is 2.23. The second-order valence-corrected chi connectivity index (χ2v) is 3.83. The first-order valence-corrected chi connectivity index (χ1v) is 5.68. The van der Waals surface area contributed by atoms with E-state index in [0.717, 1.165) is 0 Å². The van der Waals surface area contributed by atoms with Crippen LogP contribution in [0.25, 0.3) is 11.1 Å². The lowest BCUT2D eigenvalue weighted by molar-refractivity contribution is 0.0556. The molecule has 0 fully saturated rings. The zero-order valence-corrected chi connectivity index (χ0v) is 10.9. The van der Waals surface area contributed by atoms with Crippen molar-refractivity contribution in [2.75, 3.05) is 14.2 Å². The van der Waals surface area contributed by atoms with E-state index in [2.05, 4.69) is 4.74 Å². The van der Waals surface area contributed by atoms with Gasteiger partial charge in [-0.15, -0.1) is 0 Å². The van der Waals surface area contributed by atoms with Crippen LogP contribution in [0.15, 0.2) is 34.7 Å². The lowest BCUT2D eigenvalue weighted by atomic mass is 10.0. The molecule has 0 saturated carbocycles. The van der Waals surface area contributed by atoms with Crippen molar-refractivity contribution in [2.45, 2.75) is 0 Å². The molecule has 0 aliphatic carbocycles. The van der Waals surface area contributed by atoms with Gasteiger partial charge in [0.2, 0.25) is 5.76 Å². The molecule has 104 valence electrons. The third-order valence-electron chi connectivity index (χ3n) is 2.70. The summed E-state index contributed by atoms with van der Waals surface area (Å²) in [4.78, 5) is 22.9. The van der Waals surface area contributed by atoms with Crippen LogP contribution in [-0.4, -0.2) is 31.3 Å². The lowest BCUT2D eigenvalue weighted by Gasteiger charge is -2.04. The van der Waals surface area contributed by atoms with Crippen molar-refractivity contribution in [3.05, 3.63) is 41.9 Å². The van der Waals surface area contributed by atoms with Gasteiger partial charge in [0.05, 0.1) is 19.8 Å². The van der Waals surface area contributed by atoms with Crippen LogP contribution in [-0.2, 0) is 4.74 Å². The summed E-state index contributed by atoms with van der Waals surface area (Å²) in [5.41, 5.74) is 0.860. The van der Waals surface area contributed by atoms with Crippen molar-refractivity contribution in [1.82, 2.24) is 0 Å². The summed E-state index contributed by atoms with van der Waals surface area (Å²) in [6.45, 7) is 0. The van der Waals surface area contributed by atoms with Crippen LogP contribution in [0, 0.1) is 0 Å². The van der Waals surface area contributed by atoms with Crippen molar-refractivity contribution >= 4 is 11.9 Å². The number of ether oxygens (including phenoxy) is 2. The molecule has 6 heteroatoms. The maximum atomic E-state index is 11.7. The highest BCUT2D eigenvalue weighted by molar-refractivity contribution is 6.01. The second-order valence-electron chi connectivity index (χ2n) is 3.83. The summed E-state index contributed by atoms with van der Waals surface area (Å²) in [6, 6.07) is 8.73. The van der Waals surface area contributed by atoms with E-state index in [1.807, 2.05) is 0 Å². The Morgan fingerprint density at radius 1 is 1.10 bits per heavy atom. The van der Waals surface area contributed by atoms with Crippen LogP contribution in [0.2, 0.25) is 0 Å². The van der Waals surface area contributed by atoms with Gasteiger partial charge in [0, 0.05) is 0 Å². The minimum atomic E-state index is -1.32. The molecule has 0 saturated heterocycles. The van der Waals surface area contributed by atoms with Gasteiger partial charge in [-0.05, 0) is 5.56 Å². The molecule has 1 heterocycles. The minimum absolute atomic E-state index is 0.0101.